The van der Waals surface area contributed by atoms with E-state index < -0.39 is 0 Å². The van der Waals surface area contributed by atoms with E-state index in [9.17, 15) is 28.8 Å². The van der Waals surface area contributed by atoms with Crippen molar-refractivity contribution in [2.75, 3.05) is 0 Å². The summed E-state index contributed by atoms with van der Waals surface area (Å²) in [6.07, 6.45) is 41.2. The highest BCUT2D eigenvalue weighted by Gasteiger charge is 2.43. The van der Waals surface area contributed by atoms with Gasteiger partial charge in [0.25, 0.3) is 0 Å². The average Bonchev–Trinajstić information content (AvgIpc) is 1.80. The predicted molar refractivity (Wildman–Crippen MR) is 386 cm³/mol. The number of carbonyl (C=O) groups is 6. The number of carbonyl (C=O) groups excluding carboxylic acids is 6. The molecule has 0 radical (unpaired) electrons. The highest BCUT2D eigenvalue weighted by molar-refractivity contribution is 5.78. The Morgan fingerprint density at radius 1 is 0.247 bits per heavy atom. The van der Waals surface area contributed by atoms with Gasteiger partial charge in [0.05, 0.1) is 32.5 Å². The molecule has 0 N–H and O–H groups in total. The molecule has 5 rings (SSSR count). The van der Waals surface area contributed by atoms with Crippen LogP contribution in [0.3, 0.4) is 0 Å². The molecule has 0 aromatic carbocycles. The number of hydrogen-bond acceptors (Lipinski definition) is 12. The van der Waals surface area contributed by atoms with Crippen LogP contribution in [0.5, 0.6) is 0 Å². The molecule has 0 unspecified atom stereocenters. The molecule has 5 aliphatic rings. The Bertz CT molecular complexity index is 2130. The smallest absolute Gasteiger partial charge is 0.312 e. The van der Waals surface area contributed by atoms with Gasteiger partial charge in [0.2, 0.25) is 0 Å². The molecule has 0 aliphatic heterocycles. The van der Waals surface area contributed by atoms with Crippen LogP contribution >= 0.6 is 0 Å². The summed E-state index contributed by atoms with van der Waals surface area (Å²) in [6, 6.07) is 0. The topological polar surface area (TPSA) is 158 Å². The van der Waals surface area contributed by atoms with E-state index in [1.165, 1.54) is 122 Å². The van der Waals surface area contributed by atoms with Gasteiger partial charge in [-0.2, -0.15) is 0 Å². The van der Waals surface area contributed by atoms with E-state index >= 15 is 0 Å². The zero-order chi connectivity index (χ0) is 71.9. The maximum atomic E-state index is 12.4. The van der Waals surface area contributed by atoms with Crippen molar-refractivity contribution in [3.05, 3.63) is 0 Å². The van der Waals surface area contributed by atoms with Gasteiger partial charge in [-0.3, -0.25) is 28.8 Å². The Labute approximate surface area is 574 Å². The van der Waals surface area contributed by atoms with E-state index in [1.807, 2.05) is 138 Å². The second-order valence-corrected chi connectivity index (χ2v) is 34.5. The summed E-state index contributed by atoms with van der Waals surface area (Å²) in [7, 11) is 0. The summed E-state index contributed by atoms with van der Waals surface area (Å²) in [5.74, 6) is -0.233. The maximum Gasteiger partial charge on any atom is 0.312 e. The van der Waals surface area contributed by atoms with E-state index in [-0.39, 0.29) is 102 Å². The van der Waals surface area contributed by atoms with Crippen LogP contribution in [0.15, 0.2) is 0 Å². The minimum absolute atomic E-state index is 0.0143. The molecule has 0 atom stereocenters. The van der Waals surface area contributed by atoms with Crippen molar-refractivity contribution in [2.45, 2.75) is 451 Å². The third-order valence-corrected chi connectivity index (χ3v) is 22.2. The molecule has 548 valence electrons. The van der Waals surface area contributed by atoms with Crippen LogP contribution < -0.4 is 0 Å². The van der Waals surface area contributed by atoms with Gasteiger partial charge >= 0.3 is 35.8 Å². The highest BCUT2D eigenvalue weighted by atomic mass is 16.6. The number of esters is 6. The normalized spacial score (nSPS) is 19.9. The van der Waals surface area contributed by atoms with E-state index in [0.29, 0.717) is 0 Å². The maximum absolute atomic E-state index is 12.4. The lowest BCUT2D eigenvalue weighted by atomic mass is 9.82. The van der Waals surface area contributed by atoms with Crippen LogP contribution in [-0.4, -0.2) is 69.4 Å². The van der Waals surface area contributed by atoms with Crippen molar-refractivity contribution >= 4 is 35.8 Å². The summed E-state index contributed by atoms with van der Waals surface area (Å²) >= 11 is 0. The molecule has 0 aromatic rings. The van der Waals surface area contributed by atoms with Crippen LogP contribution in [0.1, 0.15) is 418 Å². The first-order valence-corrected chi connectivity index (χ1v) is 38.2. The molecular weight excluding hydrogens is 1160 g/mol. The van der Waals surface area contributed by atoms with Crippen LogP contribution in [0.25, 0.3) is 0 Å². The Morgan fingerprint density at radius 2 is 0.409 bits per heavy atom. The van der Waals surface area contributed by atoms with Crippen LogP contribution in [0, 0.1) is 32.5 Å². The number of ether oxygens (including phenoxy) is 6. The second kappa shape index (κ2) is 40.6. The Morgan fingerprint density at radius 3 is 0.613 bits per heavy atom. The molecule has 5 aliphatic carbocycles. The molecular formula is C81H152O12. The van der Waals surface area contributed by atoms with Crippen molar-refractivity contribution in [2.24, 2.45) is 32.5 Å². The molecule has 12 heteroatoms. The van der Waals surface area contributed by atoms with Gasteiger partial charge in [-0.1, -0.05) is 113 Å². The minimum atomic E-state index is -0.372. The first kappa shape index (κ1) is 89.8. The van der Waals surface area contributed by atoms with Gasteiger partial charge in [0.15, 0.2) is 0 Å². The third-order valence-electron chi connectivity index (χ3n) is 22.2. The monoisotopic (exact) mass is 1320 g/mol. The molecule has 5 saturated carbocycles. The van der Waals surface area contributed by atoms with Crippen molar-refractivity contribution < 1.29 is 57.2 Å². The van der Waals surface area contributed by atoms with Crippen molar-refractivity contribution in [3.8, 4) is 0 Å². The lowest BCUT2D eigenvalue weighted by Crippen LogP contribution is -2.40. The molecule has 0 amide bonds. The molecule has 12 nitrogen and oxygen atoms in total. The summed E-state index contributed by atoms with van der Waals surface area (Å²) in [6.45, 7) is 51.9. The fraction of sp³-hybridized carbons (Fsp3) is 0.926. The second-order valence-electron chi connectivity index (χ2n) is 34.5. The van der Waals surface area contributed by atoms with Crippen molar-refractivity contribution in [1.29, 1.82) is 0 Å². The summed E-state index contributed by atoms with van der Waals surface area (Å²) in [4.78, 5) is 71.8. The molecule has 0 bridgehead atoms. The third kappa shape index (κ3) is 33.8. The molecule has 0 spiro atoms. The van der Waals surface area contributed by atoms with Crippen molar-refractivity contribution in [3.63, 3.8) is 0 Å². The summed E-state index contributed by atoms with van der Waals surface area (Å²) in [5.41, 5.74) is -3.31. The zero-order valence-corrected chi connectivity index (χ0v) is 66.1. The molecule has 93 heavy (non-hydrogen) atoms. The standard InChI is InChI=1S/C19H36O2.C14H26O2.2C13H24O2.C12H22O2.C10H20O2/c1-5-18(2,3)17(20)21-19(4)15-13-11-9-7-6-8-10-12-14-16-19;1-5-13(3,4)12(15)16-14(6-2)10-8-7-9-11-14;1-5-12(2,3)11(14)15-13(4)9-7-6-8-10-13;1-5-12(3,4)11(14)15-13(6-2)9-7-8-10-13;1-5-11(2,3)10(13)14-12(4)8-6-7-9-12;1-7-10(5,6)8(11)12-9(2,3)4/h5-16H2,1-4H3;5-11H2,1-4H3;2*5-10H2,1-4H3;5-9H2,1-4H3;7H2,1-6H3. The fourth-order valence-corrected chi connectivity index (χ4v) is 11.4. The minimum Gasteiger partial charge on any atom is -0.460 e. The Balaban J connectivity index is 0.00000110. The largest absolute Gasteiger partial charge is 0.460 e. The Hall–Kier alpha value is -3.18. The first-order valence-electron chi connectivity index (χ1n) is 38.2. The zero-order valence-electron chi connectivity index (χ0n) is 66.1. The number of rotatable bonds is 19. The molecule has 5 fully saturated rings. The lowest BCUT2D eigenvalue weighted by Gasteiger charge is -2.38. The van der Waals surface area contributed by atoms with E-state index in [2.05, 4.69) is 41.5 Å². The SMILES string of the molecule is CCC(C)(C)C(=O)OC(C)(C)C.CCC(C)(C)C(=O)OC1(C)CCCC1.CCC(C)(C)C(=O)OC1(C)CCCCC1.CCC(C)(C)C(=O)OC1(C)CCCCCCCCCCC1.CCC1(OC(=O)C(C)(C)CC)CCCC1.CCC1(OC(=O)C(C)(C)CC)CCCCC1. The van der Waals surface area contributed by atoms with Gasteiger partial charge in [-0.15, -0.1) is 0 Å². The van der Waals surface area contributed by atoms with Gasteiger partial charge < -0.3 is 28.4 Å². The van der Waals surface area contributed by atoms with Crippen LogP contribution in [0.2, 0.25) is 0 Å². The molecule has 0 aromatic heterocycles. The lowest BCUT2D eigenvalue weighted by molar-refractivity contribution is -0.175. The van der Waals surface area contributed by atoms with E-state index in [4.69, 9.17) is 28.4 Å². The van der Waals surface area contributed by atoms with Gasteiger partial charge in [-0.05, 0) is 304 Å². The van der Waals surface area contributed by atoms with E-state index in [0.717, 1.165) is 116 Å². The quantitative estimate of drug-likeness (QED) is 0.0892. The highest BCUT2D eigenvalue weighted by Crippen LogP contribution is 2.41. The van der Waals surface area contributed by atoms with Crippen LogP contribution in [-0.2, 0) is 57.2 Å². The summed E-state index contributed by atoms with van der Waals surface area (Å²) < 4.78 is 34.2. The average molecular weight is 1320 g/mol. The van der Waals surface area contributed by atoms with Gasteiger partial charge in [0, 0.05) is 0 Å². The van der Waals surface area contributed by atoms with Gasteiger partial charge in [0.1, 0.15) is 33.6 Å². The number of hydrogen-bond donors (Lipinski definition) is 0. The predicted octanol–water partition coefficient (Wildman–Crippen LogP) is 23.5. The summed E-state index contributed by atoms with van der Waals surface area (Å²) in [5, 5.41) is 0. The Kier molecular flexibility index (Phi) is 39.3. The van der Waals surface area contributed by atoms with E-state index in [1.54, 1.807) is 0 Å². The molecule has 0 heterocycles. The first-order chi connectivity index (χ1) is 42.8. The van der Waals surface area contributed by atoms with Gasteiger partial charge in [-0.25, -0.2) is 0 Å². The molecule has 0 saturated heterocycles. The van der Waals surface area contributed by atoms with Crippen LogP contribution in [0.4, 0.5) is 0 Å². The van der Waals surface area contributed by atoms with Crippen molar-refractivity contribution in [1.82, 2.24) is 0 Å². The fourth-order valence-electron chi connectivity index (χ4n) is 11.4.